The quantitative estimate of drug-likeness (QED) is 0.518. The van der Waals surface area contributed by atoms with E-state index in [0.29, 0.717) is 6.54 Å². The summed E-state index contributed by atoms with van der Waals surface area (Å²) in [5.74, 6) is -0.239. The molecule has 0 aliphatic heterocycles. The molecule has 1 aromatic carbocycles. The number of pyridine rings is 1. The molecule has 0 spiro atoms. The van der Waals surface area contributed by atoms with Gasteiger partial charge in [-0.15, -0.1) is 0 Å². The highest BCUT2D eigenvalue weighted by molar-refractivity contribution is 5.91. The SMILES string of the molecule is O=C(C=Cc1ccc([N+](=O)[O-])cc1)NCc1cccnc1. The van der Waals surface area contributed by atoms with E-state index in [1.807, 2.05) is 6.07 Å². The van der Waals surface area contributed by atoms with E-state index in [1.54, 1.807) is 36.7 Å². The Kier molecular flexibility index (Phi) is 4.76. The van der Waals surface area contributed by atoms with Crippen LogP contribution in [0.2, 0.25) is 0 Å². The molecule has 2 rings (SSSR count). The third-order valence-corrected chi connectivity index (χ3v) is 2.72. The van der Waals surface area contributed by atoms with Crippen molar-refractivity contribution in [2.45, 2.75) is 6.54 Å². The number of nitro benzene ring substituents is 1. The lowest BCUT2D eigenvalue weighted by molar-refractivity contribution is -0.384. The summed E-state index contributed by atoms with van der Waals surface area (Å²) in [7, 11) is 0. The number of rotatable bonds is 5. The van der Waals surface area contributed by atoms with Crippen molar-refractivity contribution in [1.29, 1.82) is 0 Å². The van der Waals surface area contributed by atoms with Gasteiger partial charge in [-0.25, -0.2) is 0 Å². The number of nitro groups is 1. The van der Waals surface area contributed by atoms with Crippen LogP contribution in [0.25, 0.3) is 6.08 Å². The first-order valence-electron chi connectivity index (χ1n) is 6.24. The predicted octanol–water partition coefficient (Wildman–Crippen LogP) is 2.32. The molecule has 1 N–H and O–H groups in total. The molecule has 0 bridgehead atoms. The van der Waals surface area contributed by atoms with Gasteiger partial charge >= 0.3 is 0 Å². The molecule has 2 aromatic rings. The third kappa shape index (κ3) is 4.54. The van der Waals surface area contributed by atoms with Crippen LogP contribution in [0.4, 0.5) is 5.69 Å². The lowest BCUT2D eigenvalue weighted by atomic mass is 10.2. The van der Waals surface area contributed by atoms with E-state index in [9.17, 15) is 14.9 Å². The van der Waals surface area contributed by atoms with Crippen molar-refractivity contribution in [1.82, 2.24) is 10.3 Å². The zero-order chi connectivity index (χ0) is 15.1. The maximum Gasteiger partial charge on any atom is 0.269 e. The van der Waals surface area contributed by atoms with Crippen molar-refractivity contribution in [2.24, 2.45) is 0 Å². The van der Waals surface area contributed by atoms with Crippen LogP contribution in [0.15, 0.2) is 54.9 Å². The molecular weight excluding hydrogens is 270 g/mol. The van der Waals surface area contributed by atoms with Crippen LogP contribution in [0, 0.1) is 10.1 Å². The molecule has 1 amide bonds. The highest BCUT2D eigenvalue weighted by atomic mass is 16.6. The van der Waals surface area contributed by atoms with Crippen molar-refractivity contribution >= 4 is 17.7 Å². The predicted molar refractivity (Wildman–Crippen MR) is 78.2 cm³/mol. The maximum atomic E-state index is 11.6. The minimum absolute atomic E-state index is 0.0215. The van der Waals surface area contributed by atoms with Gasteiger partial charge in [0.2, 0.25) is 5.91 Å². The molecular formula is C15H13N3O3. The lowest BCUT2D eigenvalue weighted by Crippen LogP contribution is -2.20. The van der Waals surface area contributed by atoms with Gasteiger partial charge in [-0.3, -0.25) is 19.9 Å². The molecule has 0 fully saturated rings. The second kappa shape index (κ2) is 6.95. The van der Waals surface area contributed by atoms with E-state index in [-0.39, 0.29) is 11.6 Å². The number of amides is 1. The highest BCUT2D eigenvalue weighted by Gasteiger charge is 2.02. The first kappa shape index (κ1) is 14.4. The number of carbonyl (C=O) groups excluding carboxylic acids is 1. The Morgan fingerprint density at radius 3 is 2.67 bits per heavy atom. The highest BCUT2D eigenvalue weighted by Crippen LogP contribution is 2.12. The average molecular weight is 283 g/mol. The zero-order valence-electron chi connectivity index (χ0n) is 11.1. The molecule has 21 heavy (non-hydrogen) atoms. The molecule has 1 heterocycles. The smallest absolute Gasteiger partial charge is 0.269 e. The Hall–Kier alpha value is -3.02. The van der Waals surface area contributed by atoms with Crippen LogP contribution in [0.1, 0.15) is 11.1 Å². The Bertz CT molecular complexity index is 652. The van der Waals surface area contributed by atoms with Crippen LogP contribution in [0.5, 0.6) is 0 Å². The molecule has 0 aliphatic carbocycles. The molecule has 6 nitrogen and oxygen atoms in total. The van der Waals surface area contributed by atoms with Gasteiger partial charge in [0.1, 0.15) is 0 Å². The van der Waals surface area contributed by atoms with E-state index >= 15 is 0 Å². The van der Waals surface area contributed by atoms with Crippen molar-refractivity contribution in [2.75, 3.05) is 0 Å². The summed E-state index contributed by atoms with van der Waals surface area (Å²) in [6, 6.07) is 9.63. The molecule has 0 aliphatic rings. The minimum atomic E-state index is -0.464. The fraction of sp³-hybridized carbons (Fsp3) is 0.0667. The van der Waals surface area contributed by atoms with Gasteiger partial charge < -0.3 is 5.32 Å². The fourth-order valence-electron chi connectivity index (χ4n) is 1.63. The van der Waals surface area contributed by atoms with Crippen LogP contribution in [0.3, 0.4) is 0 Å². The molecule has 0 radical (unpaired) electrons. The van der Waals surface area contributed by atoms with Crippen LogP contribution < -0.4 is 5.32 Å². The van der Waals surface area contributed by atoms with Gasteiger partial charge in [-0.1, -0.05) is 6.07 Å². The van der Waals surface area contributed by atoms with Gasteiger partial charge in [0.05, 0.1) is 4.92 Å². The van der Waals surface area contributed by atoms with E-state index in [0.717, 1.165) is 11.1 Å². The molecule has 106 valence electrons. The average Bonchev–Trinajstić information content (AvgIpc) is 2.52. The number of carbonyl (C=O) groups is 1. The van der Waals surface area contributed by atoms with Crippen molar-refractivity contribution in [3.8, 4) is 0 Å². The van der Waals surface area contributed by atoms with Gasteiger partial charge in [0, 0.05) is 37.1 Å². The van der Waals surface area contributed by atoms with Crippen molar-refractivity contribution in [3.63, 3.8) is 0 Å². The molecule has 0 unspecified atom stereocenters. The first-order valence-corrected chi connectivity index (χ1v) is 6.24. The number of benzene rings is 1. The van der Waals surface area contributed by atoms with Crippen LogP contribution >= 0.6 is 0 Å². The van der Waals surface area contributed by atoms with Crippen molar-refractivity contribution in [3.05, 3.63) is 76.1 Å². The summed E-state index contributed by atoms with van der Waals surface area (Å²) in [6.07, 6.45) is 6.33. The lowest BCUT2D eigenvalue weighted by Gasteiger charge is -2.01. The number of aromatic nitrogens is 1. The monoisotopic (exact) mass is 283 g/mol. The number of nitrogens with zero attached hydrogens (tertiary/aromatic N) is 2. The second-order valence-corrected chi connectivity index (χ2v) is 4.26. The summed E-state index contributed by atoms with van der Waals surface area (Å²) in [6.45, 7) is 0.400. The molecule has 0 atom stereocenters. The van der Waals surface area contributed by atoms with Gasteiger partial charge in [-0.2, -0.15) is 0 Å². The second-order valence-electron chi connectivity index (χ2n) is 4.26. The van der Waals surface area contributed by atoms with E-state index in [4.69, 9.17) is 0 Å². The summed E-state index contributed by atoms with van der Waals surface area (Å²) in [5, 5.41) is 13.2. The standard InChI is InChI=1S/C15H13N3O3/c19-15(17-11-13-2-1-9-16-10-13)8-5-12-3-6-14(7-4-12)18(20)21/h1-10H,11H2,(H,17,19). The van der Waals surface area contributed by atoms with Crippen molar-refractivity contribution < 1.29 is 9.72 Å². The Labute approximate surface area is 121 Å². The Morgan fingerprint density at radius 1 is 1.29 bits per heavy atom. The first-order chi connectivity index (χ1) is 10.1. The molecule has 0 saturated heterocycles. The van der Waals surface area contributed by atoms with Crippen LogP contribution in [-0.2, 0) is 11.3 Å². The Morgan fingerprint density at radius 2 is 2.05 bits per heavy atom. The van der Waals surface area contributed by atoms with Gasteiger partial charge in [0.25, 0.3) is 5.69 Å². The number of hydrogen-bond acceptors (Lipinski definition) is 4. The van der Waals surface area contributed by atoms with E-state index in [1.165, 1.54) is 18.2 Å². The van der Waals surface area contributed by atoms with Gasteiger partial charge in [-0.05, 0) is 35.4 Å². The van der Waals surface area contributed by atoms with Crippen LogP contribution in [-0.4, -0.2) is 15.8 Å². The van der Waals surface area contributed by atoms with E-state index < -0.39 is 4.92 Å². The topological polar surface area (TPSA) is 85.1 Å². The number of nitrogens with one attached hydrogen (secondary N) is 1. The number of hydrogen-bond donors (Lipinski definition) is 1. The number of non-ortho nitro benzene ring substituents is 1. The summed E-state index contributed by atoms with van der Waals surface area (Å²) < 4.78 is 0. The maximum absolute atomic E-state index is 11.6. The summed E-state index contributed by atoms with van der Waals surface area (Å²) in [4.78, 5) is 25.6. The molecule has 6 heteroatoms. The molecule has 1 aromatic heterocycles. The summed E-state index contributed by atoms with van der Waals surface area (Å²) >= 11 is 0. The zero-order valence-corrected chi connectivity index (χ0v) is 11.1. The van der Waals surface area contributed by atoms with Gasteiger partial charge in [0.15, 0.2) is 0 Å². The van der Waals surface area contributed by atoms with E-state index in [2.05, 4.69) is 10.3 Å². The third-order valence-electron chi connectivity index (χ3n) is 2.72. The summed E-state index contributed by atoms with van der Waals surface area (Å²) in [5.41, 5.74) is 1.65. The molecule has 0 saturated carbocycles. The fourth-order valence-corrected chi connectivity index (χ4v) is 1.63. The largest absolute Gasteiger partial charge is 0.348 e. The minimum Gasteiger partial charge on any atom is -0.348 e. The normalized spacial score (nSPS) is 10.5. The Balaban J connectivity index is 1.88.